The summed E-state index contributed by atoms with van der Waals surface area (Å²) in [5, 5.41) is 2.66. The Morgan fingerprint density at radius 2 is 1.73 bits per heavy atom. The molecule has 0 aliphatic carbocycles. The number of nitrogens with zero attached hydrogens (tertiary/aromatic N) is 1. The van der Waals surface area contributed by atoms with Crippen molar-refractivity contribution in [1.82, 2.24) is 0 Å². The van der Waals surface area contributed by atoms with Crippen LogP contribution >= 0.6 is 0 Å². The van der Waals surface area contributed by atoms with Crippen LogP contribution in [0, 0.1) is 13.8 Å². The molecule has 0 saturated carbocycles. The first-order valence-corrected chi connectivity index (χ1v) is 6.85. The van der Waals surface area contributed by atoms with Gasteiger partial charge in [0, 0.05) is 5.69 Å². The average molecular weight is 294 g/mol. The van der Waals surface area contributed by atoms with Gasteiger partial charge in [-0.1, -0.05) is 18.2 Å². The zero-order valence-electron chi connectivity index (χ0n) is 12.2. The molecule has 1 N–H and O–H groups in total. The Bertz CT molecular complexity index is 811. The maximum absolute atomic E-state index is 12.4. The van der Waals surface area contributed by atoms with Crippen LogP contribution in [-0.2, 0) is 4.79 Å². The molecule has 3 rings (SSSR count). The number of hydrogen-bond acceptors (Lipinski definition) is 3. The fraction of sp³-hybridized carbons (Fsp3) is 0.118. The third-order valence-electron chi connectivity index (χ3n) is 3.75. The number of para-hydroxylation sites is 1. The summed E-state index contributed by atoms with van der Waals surface area (Å²) in [7, 11) is 0. The number of fused-ring (bicyclic) bond motifs is 1. The van der Waals surface area contributed by atoms with Crippen molar-refractivity contribution in [1.29, 1.82) is 0 Å². The molecule has 5 nitrogen and oxygen atoms in total. The standard InChI is InChI=1S/C17H14N2O3/c1-10-7-8-12(9-11(10)2)18-17(22)19-14-6-4-3-5-13(14)15(20)16(19)21/h3-9H,1-2H3,(H,18,22). The number of urea groups is 1. The number of nitrogens with one attached hydrogen (secondary N) is 1. The van der Waals surface area contributed by atoms with E-state index in [2.05, 4.69) is 5.32 Å². The Kier molecular flexibility index (Phi) is 3.25. The van der Waals surface area contributed by atoms with Crippen LogP contribution in [0.5, 0.6) is 0 Å². The number of carbonyl (C=O) groups excluding carboxylic acids is 3. The number of hydrogen-bond donors (Lipinski definition) is 1. The van der Waals surface area contributed by atoms with Crippen molar-refractivity contribution in [2.75, 3.05) is 10.2 Å². The van der Waals surface area contributed by atoms with Gasteiger partial charge in [-0.05, 0) is 49.2 Å². The first kappa shape index (κ1) is 14.0. The number of benzene rings is 2. The Hall–Kier alpha value is -2.95. The normalized spacial score (nSPS) is 13.3. The highest BCUT2D eigenvalue weighted by Crippen LogP contribution is 2.29. The number of anilines is 2. The lowest BCUT2D eigenvalue weighted by atomic mass is 10.1. The Labute approximate surface area is 127 Å². The molecule has 1 aliphatic heterocycles. The van der Waals surface area contributed by atoms with Crippen LogP contribution in [0.15, 0.2) is 42.5 Å². The molecule has 110 valence electrons. The second-order valence-corrected chi connectivity index (χ2v) is 5.22. The molecule has 22 heavy (non-hydrogen) atoms. The number of amides is 3. The molecule has 0 bridgehead atoms. The molecule has 0 spiro atoms. The predicted molar refractivity (Wildman–Crippen MR) is 83.2 cm³/mol. The van der Waals surface area contributed by atoms with Gasteiger partial charge in [0.05, 0.1) is 11.3 Å². The van der Waals surface area contributed by atoms with Gasteiger partial charge in [0.15, 0.2) is 0 Å². The smallest absolute Gasteiger partial charge is 0.307 e. The van der Waals surface area contributed by atoms with Gasteiger partial charge in [-0.3, -0.25) is 9.59 Å². The molecule has 0 radical (unpaired) electrons. The summed E-state index contributed by atoms with van der Waals surface area (Å²) in [6.45, 7) is 3.91. The number of carbonyl (C=O) groups is 3. The summed E-state index contributed by atoms with van der Waals surface area (Å²) < 4.78 is 0. The summed E-state index contributed by atoms with van der Waals surface area (Å²) >= 11 is 0. The maximum atomic E-state index is 12.4. The molecule has 1 aliphatic rings. The zero-order valence-corrected chi connectivity index (χ0v) is 12.2. The van der Waals surface area contributed by atoms with Crippen LogP contribution in [-0.4, -0.2) is 17.7 Å². The van der Waals surface area contributed by atoms with E-state index < -0.39 is 17.7 Å². The van der Waals surface area contributed by atoms with Crippen LogP contribution in [0.4, 0.5) is 16.2 Å². The van der Waals surface area contributed by atoms with Gasteiger partial charge >= 0.3 is 11.9 Å². The summed E-state index contributed by atoms with van der Waals surface area (Å²) in [6.07, 6.45) is 0. The van der Waals surface area contributed by atoms with E-state index in [1.54, 1.807) is 30.3 Å². The third-order valence-corrected chi connectivity index (χ3v) is 3.75. The summed E-state index contributed by atoms with van der Waals surface area (Å²) in [5.41, 5.74) is 3.29. The number of aryl methyl sites for hydroxylation is 2. The van der Waals surface area contributed by atoms with Crippen LogP contribution in [0.2, 0.25) is 0 Å². The van der Waals surface area contributed by atoms with Gasteiger partial charge in [-0.15, -0.1) is 0 Å². The van der Waals surface area contributed by atoms with E-state index in [9.17, 15) is 14.4 Å². The van der Waals surface area contributed by atoms with Gasteiger partial charge in [0.1, 0.15) is 0 Å². The molecule has 0 unspecified atom stereocenters. The van der Waals surface area contributed by atoms with Crippen molar-refractivity contribution < 1.29 is 14.4 Å². The molecule has 0 aromatic heterocycles. The molecular weight excluding hydrogens is 280 g/mol. The number of rotatable bonds is 1. The largest absolute Gasteiger partial charge is 0.333 e. The first-order valence-electron chi connectivity index (χ1n) is 6.85. The molecule has 2 aromatic carbocycles. The SMILES string of the molecule is Cc1ccc(NC(=O)N2C(=O)C(=O)c3ccccc32)cc1C. The van der Waals surface area contributed by atoms with Gasteiger partial charge in [-0.25, -0.2) is 9.69 Å². The molecule has 0 saturated heterocycles. The lowest BCUT2D eigenvalue weighted by molar-refractivity contribution is -0.113. The maximum Gasteiger partial charge on any atom is 0.333 e. The Balaban J connectivity index is 1.91. The van der Waals surface area contributed by atoms with E-state index in [4.69, 9.17) is 0 Å². The minimum absolute atomic E-state index is 0.253. The number of Topliss-reactive ketones (excluding diaryl/α,β-unsaturated/α-hetero) is 1. The van der Waals surface area contributed by atoms with E-state index in [0.717, 1.165) is 16.0 Å². The van der Waals surface area contributed by atoms with Gasteiger partial charge in [0.2, 0.25) is 0 Å². The van der Waals surface area contributed by atoms with E-state index in [0.29, 0.717) is 11.4 Å². The summed E-state index contributed by atoms with van der Waals surface area (Å²) in [6, 6.07) is 11.3. The predicted octanol–water partition coefficient (Wildman–Crippen LogP) is 3.06. The van der Waals surface area contributed by atoms with E-state index in [1.165, 1.54) is 0 Å². The molecule has 2 aromatic rings. The fourth-order valence-electron chi connectivity index (χ4n) is 2.39. The zero-order chi connectivity index (χ0) is 15.9. The van der Waals surface area contributed by atoms with Crippen molar-refractivity contribution in [2.45, 2.75) is 13.8 Å². The molecule has 1 heterocycles. The van der Waals surface area contributed by atoms with Gasteiger partial charge in [-0.2, -0.15) is 0 Å². The topological polar surface area (TPSA) is 66.5 Å². The molecular formula is C17H14N2O3. The van der Waals surface area contributed by atoms with Crippen LogP contribution in [0.3, 0.4) is 0 Å². The summed E-state index contributed by atoms with van der Waals surface area (Å²) in [4.78, 5) is 37.2. The van der Waals surface area contributed by atoms with E-state index >= 15 is 0 Å². The second-order valence-electron chi connectivity index (χ2n) is 5.22. The third kappa shape index (κ3) is 2.16. The van der Waals surface area contributed by atoms with Crippen molar-refractivity contribution in [3.8, 4) is 0 Å². The second kappa shape index (κ2) is 5.11. The molecule has 0 fully saturated rings. The van der Waals surface area contributed by atoms with Crippen LogP contribution in [0.25, 0.3) is 0 Å². The van der Waals surface area contributed by atoms with Crippen molar-refractivity contribution >= 4 is 29.1 Å². The van der Waals surface area contributed by atoms with E-state index in [1.807, 2.05) is 26.0 Å². The first-order chi connectivity index (χ1) is 10.5. The molecule has 3 amide bonds. The minimum atomic E-state index is -0.831. The number of imide groups is 1. The summed E-state index contributed by atoms with van der Waals surface area (Å²) in [5.74, 6) is -1.49. The van der Waals surface area contributed by atoms with Crippen molar-refractivity contribution in [2.24, 2.45) is 0 Å². The minimum Gasteiger partial charge on any atom is -0.307 e. The van der Waals surface area contributed by atoms with Gasteiger partial charge in [0.25, 0.3) is 5.78 Å². The highest BCUT2D eigenvalue weighted by molar-refractivity contribution is 6.56. The quantitative estimate of drug-likeness (QED) is 0.822. The fourth-order valence-corrected chi connectivity index (χ4v) is 2.39. The average Bonchev–Trinajstić information content (AvgIpc) is 2.75. The van der Waals surface area contributed by atoms with E-state index in [-0.39, 0.29) is 5.56 Å². The lowest BCUT2D eigenvalue weighted by Crippen LogP contribution is -2.39. The molecule has 5 heteroatoms. The highest BCUT2D eigenvalue weighted by Gasteiger charge is 2.39. The van der Waals surface area contributed by atoms with Crippen molar-refractivity contribution in [3.05, 3.63) is 59.2 Å². The molecule has 0 atom stereocenters. The monoisotopic (exact) mass is 294 g/mol. The van der Waals surface area contributed by atoms with Gasteiger partial charge < -0.3 is 5.32 Å². The Morgan fingerprint density at radius 3 is 2.45 bits per heavy atom. The Morgan fingerprint density at radius 1 is 1.00 bits per heavy atom. The van der Waals surface area contributed by atoms with Crippen molar-refractivity contribution in [3.63, 3.8) is 0 Å². The lowest BCUT2D eigenvalue weighted by Gasteiger charge is -2.16. The number of ketones is 1. The van der Waals surface area contributed by atoms with Crippen LogP contribution < -0.4 is 10.2 Å². The van der Waals surface area contributed by atoms with Crippen LogP contribution in [0.1, 0.15) is 21.5 Å². The highest BCUT2D eigenvalue weighted by atomic mass is 16.2.